The number of halogens is 3. The highest BCUT2D eigenvalue weighted by Crippen LogP contribution is 2.30. The maximum atomic E-state index is 10.2. The summed E-state index contributed by atoms with van der Waals surface area (Å²) in [6.07, 6.45) is 0.798. The predicted molar refractivity (Wildman–Crippen MR) is 53.3 cm³/mol. The van der Waals surface area contributed by atoms with Crippen molar-refractivity contribution in [1.82, 2.24) is 20.5 Å². The molecule has 1 aromatic heterocycles. The summed E-state index contributed by atoms with van der Waals surface area (Å²) in [5.41, 5.74) is 0. The number of amides is 1. The van der Waals surface area contributed by atoms with Gasteiger partial charge in [-0.2, -0.15) is 10.1 Å². The van der Waals surface area contributed by atoms with E-state index in [4.69, 9.17) is 34.8 Å². The number of hydrogen-bond donors (Lipinski definition) is 3. The second-order valence-electron chi connectivity index (χ2n) is 2.24. The first-order chi connectivity index (χ1) is 6.54. The number of carbonyl (C=O) groups is 1. The molecule has 1 unspecified atom stereocenters. The molecule has 1 rings (SSSR count). The molecule has 0 radical (unpaired) electrons. The largest absolute Gasteiger partial charge is 0.335 e. The van der Waals surface area contributed by atoms with Crippen molar-refractivity contribution in [1.29, 1.82) is 0 Å². The van der Waals surface area contributed by atoms with E-state index in [-0.39, 0.29) is 5.95 Å². The van der Waals surface area contributed by atoms with Crippen LogP contribution in [0.15, 0.2) is 6.33 Å². The number of anilines is 1. The Hall–Kier alpha value is -0.720. The zero-order valence-electron chi connectivity index (χ0n) is 6.67. The number of hydrogen-bond acceptors (Lipinski definition) is 4. The molecule has 0 aromatic carbocycles. The number of carbonyl (C=O) groups excluding carboxylic acids is 1. The smallest absolute Gasteiger partial charge is 0.228 e. The molecule has 0 spiro atoms. The van der Waals surface area contributed by atoms with Crippen molar-refractivity contribution >= 4 is 47.2 Å². The van der Waals surface area contributed by atoms with Crippen molar-refractivity contribution < 1.29 is 4.79 Å². The molecule has 3 N–H and O–H groups in total. The number of rotatable bonds is 4. The zero-order chi connectivity index (χ0) is 10.6. The SMILES string of the molecule is O=CNC(Nc1ncn[nH]1)C(Cl)(Cl)Cl. The van der Waals surface area contributed by atoms with Crippen LogP contribution in [0.25, 0.3) is 0 Å². The molecule has 0 aliphatic carbocycles. The summed E-state index contributed by atoms with van der Waals surface area (Å²) < 4.78 is -1.69. The van der Waals surface area contributed by atoms with Crippen molar-refractivity contribution in [3.05, 3.63) is 6.33 Å². The second-order valence-corrected chi connectivity index (χ2v) is 4.61. The summed E-state index contributed by atoms with van der Waals surface area (Å²) in [7, 11) is 0. The molecule has 9 heteroatoms. The monoisotopic (exact) mass is 257 g/mol. The molecule has 0 bridgehead atoms. The van der Waals surface area contributed by atoms with Gasteiger partial charge in [-0.3, -0.25) is 4.79 Å². The van der Waals surface area contributed by atoms with E-state index in [0.29, 0.717) is 6.41 Å². The molecule has 0 aliphatic heterocycles. The third kappa shape index (κ3) is 3.21. The third-order valence-corrected chi connectivity index (χ3v) is 1.91. The molecular formula is C5H6Cl3N5O. The lowest BCUT2D eigenvalue weighted by Gasteiger charge is -2.23. The van der Waals surface area contributed by atoms with E-state index in [1.807, 2.05) is 0 Å². The lowest BCUT2D eigenvalue weighted by molar-refractivity contribution is -0.110. The van der Waals surface area contributed by atoms with Crippen LogP contribution in [0.5, 0.6) is 0 Å². The van der Waals surface area contributed by atoms with Gasteiger partial charge in [0.05, 0.1) is 0 Å². The van der Waals surface area contributed by atoms with Crippen molar-refractivity contribution in [2.45, 2.75) is 9.96 Å². The van der Waals surface area contributed by atoms with E-state index in [2.05, 4.69) is 25.8 Å². The Morgan fingerprint density at radius 1 is 1.57 bits per heavy atom. The summed E-state index contributed by atoms with van der Waals surface area (Å²) in [6, 6.07) is 0. The molecule has 0 saturated heterocycles. The molecule has 6 nitrogen and oxygen atoms in total. The molecule has 1 atom stereocenters. The van der Waals surface area contributed by atoms with E-state index < -0.39 is 9.96 Å². The van der Waals surface area contributed by atoms with Crippen molar-refractivity contribution in [2.24, 2.45) is 0 Å². The molecule has 0 fully saturated rings. The standard InChI is InChI=1S/C5H6Cl3N5O/c6-5(7,8)3(10-2-14)12-4-9-1-11-13-4/h1-3H,(H,10,14)(H2,9,11,12,13). The van der Waals surface area contributed by atoms with Gasteiger partial charge in [-0.05, 0) is 0 Å². The minimum absolute atomic E-state index is 0.288. The minimum Gasteiger partial charge on any atom is -0.335 e. The van der Waals surface area contributed by atoms with Crippen molar-refractivity contribution in [2.75, 3.05) is 5.32 Å². The fourth-order valence-corrected chi connectivity index (χ4v) is 1.05. The Bertz CT molecular complexity index is 284. The zero-order valence-corrected chi connectivity index (χ0v) is 8.94. The fraction of sp³-hybridized carbons (Fsp3) is 0.400. The van der Waals surface area contributed by atoms with Gasteiger partial charge in [0.15, 0.2) is 0 Å². The number of nitrogens with zero attached hydrogens (tertiary/aromatic N) is 2. The van der Waals surface area contributed by atoms with Gasteiger partial charge in [0.25, 0.3) is 0 Å². The van der Waals surface area contributed by atoms with Crippen LogP contribution < -0.4 is 10.6 Å². The molecule has 1 heterocycles. The quantitative estimate of drug-likeness (QED) is 0.421. The molecular weight excluding hydrogens is 252 g/mol. The van der Waals surface area contributed by atoms with Crippen LogP contribution in [0.1, 0.15) is 0 Å². The van der Waals surface area contributed by atoms with Crippen LogP contribution in [-0.4, -0.2) is 31.5 Å². The number of aromatic nitrogens is 3. The molecule has 1 aromatic rings. The summed E-state index contributed by atoms with van der Waals surface area (Å²) in [5.74, 6) is 0.288. The Labute approximate surface area is 94.3 Å². The van der Waals surface area contributed by atoms with Crippen molar-refractivity contribution in [3.63, 3.8) is 0 Å². The molecule has 14 heavy (non-hydrogen) atoms. The predicted octanol–water partition coefficient (Wildman–Crippen LogP) is 0.659. The van der Waals surface area contributed by atoms with Gasteiger partial charge in [0.2, 0.25) is 16.2 Å². The Balaban J connectivity index is 2.65. The van der Waals surface area contributed by atoms with Gasteiger partial charge < -0.3 is 10.6 Å². The average molecular weight is 258 g/mol. The molecule has 1 amide bonds. The lowest BCUT2D eigenvalue weighted by Crippen LogP contribution is -2.46. The summed E-state index contributed by atoms with van der Waals surface area (Å²) in [4.78, 5) is 14.0. The second kappa shape index (κ2) is 4.68. The number of H-pyrrole nitrogens is 1. The summed E-state index contributed by atoms with van der Waals surface area (Å²) >= 11 is 16.7. The van der Waals surface area contributed by atoms with Gasteiger partial charge in [0.1, 0.15) is 12.5 Å². The molecule has 0 saturated carbocycles. The van der Waals surface area contributed by atoms with Crippen molar-refractivity contribution in [3.8, 4) is 0 Å². The average Bonchev–Trinajstić information content (AvgIpc) is 2.54. The van der Waals surface area contributed by atoms with Gasteiger partial charge in [-0.15, -0.1) is 0 Å². The van der Waals surface area contributed by atoms with Gasteiger partial charge in [0, 0.05) is 0 Å². The van der Waals surface area contributed by atoms with Crippen LogP contribution in [0.4, 0.5) is 5.95 Å². The molecule has 78 valence electrons. The Morgan fingerprint density at radius 2 is 2.29 bits per heavy atom. The summed E-state index contributed by atoms with van der Waals surface area (Å²) in [5, 5.41) is 11.0. The van der Waals surface area contributed by atoms with Crippen LogP contribution in [-0.2, 0) is 4.79 Å². The Morgan fingerprint density at radius 3 is 2.71 bits per heavy atom. The lowest BCUT2D eigenvalue weighted by atomic mass is 10.5. The van der Waals surface area contributed by atoms with E-state index in [0.717, 1.165) is 0 Å². The highest BCUT2D eigenvalue weighted by molar-refractivity contribution is 6.68. The number of alkyl halides is 3. The maximum Gasteiger partial charge on any atom is 0.228 e. The highest BCUT2D eigenvalue weighted by atomic mass is 35.6. The first kappa shape index (κ1) is 11.4. The van der Waals surface area contributed by atoms with E-state index in [1.165, 1.54) is 6.33 Å². The van der Waals surface area contributed by atoms with Crippen LogP contribution in [0.3, 0.4) is 0 Å². The number of aromatic amines is 1. The van der Waals surface area contributed by atoms with E-state index >= 15 is 0 Å². The Kier molecular flexibility index (Phi) is 3.79. The van der Waals surface area contributed by atoms with Gasteiger partial charge in [-0.25, -0.2) is 5.10 Å². The molecule has 0 aliphatic rings. The summed E-state index contributed by atoms with van der Waals surface area (Å²) in [6.45, 7) is 0. The highest BCUT2D eigenvalue weighted by Gasteiger charge is 2.32. The van der Waals surface area contributed by atoms with Gasteiger partial charge >= 0.3 is 0 Å². The topological polar surface area (TPSA) is 82.7 Å². The normalized spacial score (nSPS) is 13.4. The van der Waals surface area contributed by atoms with E-state index in [9.17, 15) is 4.79 Å². The first-order valence-corrected chi connectivity index (χ1v) is 4.55. The third-order valence-electron chi connectivity index (χ3n) is 1.26. The number of nitrogens with one attached hydrogen (secondary N) is 3. The minimum atomic E-state index is -1.69. The van der Waals surface area contributed by atoms with Gasteiger partial charge in [-0.1, -0.05) is 34.8 Å². The van der Waals surface area contributed by atoms with E-state index in [1.54, 1.807) is 0 Å². The maximum absolute atomic E-state index is 10.2. The van der Waals surface area contributed by atoms with Crippen LogP contribution in [0.2, 0.25) is 0 Å². The first-order valence-electron chi connectivity index (χ1n) is 3.42. The fourth-order valence-electron chi connectivity index (χ4n) is 0.698. The van der Waals surface area contributed by atoms with Crippen LogP contribution >= 0.6 is 34.8 Å². The van der Waals surface area contributed by atoms with Crippen LogP contribution in [0, 0.1) is 0 Å².